The standard InChI is InChI=1S/C14H10BrF3N2O/c15-13-10(5-4-8-12(13)21-14(16,17)18)9-19-20-11-6-2-1-3-7-11/h1-9,20H. The molecule has 21 heavy (non-hydrogen) atoms. The largest absolute Gasteiger partial charge is 0.573 e. The van der Waals surface area contributed by atoms with Crippen molar-refractivity contribution in [3.8, 4) is 5.75 Å². The predicted octanol–water partition coefficient (Wildman–Crippen LogP) is 4.79. The van der Waals surface area contributed by atoms with Crippen LogP contribution in [-0.2, 0) is 0 Å². The number of alkyl halides is 3. The van der Waals surface area contributed by atoms with Crippen LogP contribution in [0.3, 0.4) is 0 Å². The maximum Gasteiger partial charge on any atom is 0.573 e. The molecular weight excluding hydrogens is 349 g/mol. The van der Waals surface area contributed by atoms with Crippen molar-refractivity contribution in [3.05, 3.63) is 58.6 Å². The highest BCUT2D eigenvalue weighted by Crippen LogP contribution is 2.32. The number of nitrogens with one attached hydrogen (secondary N) is 1. The van der Waals surface area contributed by atoms with Crippen LogP contribution >= 0.6 is 15.9 Å². The first-order chi connectivity index (χ1) is 9.96. The number of nitrogens with zero attached hydrogens (tertiary/aromatic N) is 1. The summed E-state index contributed by atoms with van der Waals surface area (Å²) in [6, 6.07) is 13.5. The summed E-state index contributed by atoms with van der Waals surface area (Å²) in [5.41, 5.74) is 4.00. The van der Waals surface area contributed by atoms with Crippen molar-refractivity contribution in [2.45, 2.75) is 6.36 Å². The monoisotopic (exact) mass is 358 g/mol. The van der Waals surface area contributed by atoms with Crippen LogP contribution in [0.1, 0.15) is 5.56 Å². The Hall–Kier alpha value is -2.02. The molecule has 7 heteroatoms. The molecule has 1 N–H and O–H groups in total. The van der Waals surface area contributed by atoms with E-state index >= 15 is 0 Å². The molecule has 0 atom stereocenters. The van der Waals surface area contributed by atoms with E-state index in [1.54, 1.807) is 6.07 Å². The minimum atomic E-state index is -4.74. The van der Waals surface area contributed by atoms with Gasteiger partial charge in [0, 0.05) is 5.56 Å². The predicted molar refractivity (Wildman–Crippen MR) is 78.5 cm³/mol. The van der Waals surface area contributed by atoms with Crippen LogP contribution in [-0.4, -0.2) is 12.6 Å². The lowest BCUT2D eigenvalue weighted by Gasteiger charge is -2.11. The fraction of sp³-hybridized carbons (Fsp3) is 0.0714. The Labute approximate surface area is 127 Å². The lowest BCUT2D eigenvalue weighted by molar-refractivity contribution is -0.274. The summed E-state index contributed by atoms with van der Waals surface area (Å²) in [7, 11) is 0. The van der Waals surface area contributed by atoms with E-state index < -0.39 is 6.36 Å². The molecule has 0 aromatic heterocycles. The zero-order chi connectivity index (χ0) is 15.3. The molecule has 0 spiro atoms. The van der Waals surface area contributed by atoms with Crippen LogP contribution in [0, 0.1) is 0 Å². The first-order valence-electron chi connectivity index (χ1n) is 5.84. The molecule has 0 amide bonds. The Bertz CT molecular complexity index is 630. The Morgan fingerprint density at radius 1 is 1.05 bits per heavy atom. The summed E-state index contributed by atoms with van der Waals surface area (Å²) in [5, 5.41) is 3.97. The van der Waals surface area contributed by atoms with E-state index in [9.17, 15) is 13.2 Å². The summed E-state index contributed by atoms with van der Waals surface area (Å²) in [6.07, 6.45) is -3.33. The van der Waals surface area contributed by atoms with E-state index in [2.05, 4.69) is 31.2 Å². The third kappa shape index (κ3) is 4.78. The van der Waals surface area contributed by atoms with E-state index in [0.29, 0.717) is 5.56 Å². The normalized spacial score (nSPS) is 11.6. The van der Waals surface area contributed by atoms with Gasteiger partial charge in [0.05, 0.1) is 16.4 Å². The minimum Gasteiger partial charge on any atom is -0.405 e. The number of benzene rings is 2. The number of rotatable bonds is 4. The molecule has 0 heterocycles. The molecule has 0 aliphatic heterocycles. The van der Waals surface area contributed by atoms with Crippen molar-refractivity contribution in [2.24, 2.45) is 5.10 Å². The van der Waals surface area contributed by atoms with E-state index in [1.807, 2.05) is 30.3 Å². The van der Waals surface area contributed by atoms with Crippen molar-refractivity contribution in [1.82, 2.24) is 0 Å². The highest BCUT2D eigenvalue weighted by Gasteiger charge is 2.32. The van der Waals surface area contributed by atoms with Crippen molar-refractivity contribution in [2.75, 3.05) is 5.43 Å². The van der Waals surface area contributed by atoms with Gasteiger partial charge in [0.25, 0.3) is 0 Å². The second-order valence-electron chi connectivity index (χ2n) is 3.94. The molecule has 2 aromatic carbocycles. The number of halogens is 4. The summed E-state index contributed by atoms with van der Waals surface area (Å²) < 4.78 is 40.8. The topological polar surface area (TPSA) is 33.6 Å². The second-order valence-corrected chi connectivity index (χ2v) is 4.74. The molecule has 0 radical (unpaired) electrons. The van der Waals surface area contributed by atoms with Gasteiger partial charge in [-0.1, -0.05) is 30.3 Å². The first kappa shape index (κ1) is 15.4. The number of hydrogen-bond acceptors (Lipinski definition) is 3. The Balaban J connectivity index is 2.12. The van der Waals surface area contributed by atoms with E-state index in [0.717, 1.165) is 5.69 Å². The van der Waals surface area contributed by atoms with Gasteiger partial charge in [-0.15, -0.1) is 13.2 Å². The SMILES string of the molecule is FC(F)(F)Oc1cccc(C=NNc2ccccc2)c1Br. The van der Waals surface area contributed by atoms with Gasteiger partial charge < -0.3 is 4.74 Å². The summed E-state index contributed by atoms with van der Waals surface area (Å²) in [6.45, 7) is 0. The molecule has 0 unspecified atom stereocenters. The molecule has 0 saturated carbocycles. The number of hydrogen-bond donors (Lipinski definition) is 1. The zero-order valence-corrected chi connectivity index (χ0v) is 12.1. The number of hydrazone groups is 1. The van der Waals surface area contributed by atoms with Crippen molar-refractivity contribution >= 4 is 27.8 Å². The fourth-order valence-corrected chi connectivity index (χ4v) is 1.97. The highest BCUT2D eigenvalue weighted by atomic mass is 79.9. The lowest BCUT2D eigenvalue weighted by Crippen LogP contribution is -2.17. The molecule has 0 bridgehead atoms. The molecule has 0 aliphatic carbocycles. The van der Waals surface area contributed by atoms with E-state index in [-0.39, 0.29) is 10.2 Å². The summed E-state index contributed by atoms with van der Waals surface area (Å²) >= 11 is 3.08. The summed E-state index contributed by atoms with van der Waals surface area (Å²) in [5.74, 6) is -0.314. The molecule has 2 rings (SSSR count). The number of anilines is 1. The Morgan fingerprint density at radius 2 is 1.76 bits per heavy atom. The third-order valence-electron chi connectivity index (χ3n) is 2.39. The smallest absolute Gasteiger partial charge is 0.405 e. The van der Waals surface area contributed by atoms with Crippen molar-refractivity contribution in [3.63, 3.8) is 0 Å². The van der Waals surface area contributed by atoms with Crippen LogP contribution < -0.4 is 10.2 Å². The molecule has 0 aliphatic rings. The number of para-hydroxylation sites is 1. The van der Waals surface area contributed by atoms with Gasteiger partial charge in [0.2, 0.25) is 0 Å². The molecule has 3 nitrogen and oxygen atoms in total. The lowest BCUT2D eigenvalue weighted by atomic mass is 10.2. The van der Waals surface area contributed by atoms with Crippen molar-refractivity contribution in [1.29, 1.82) is 0 Å². The quantitative estimate of drug-likeness (QED) is 0.629. The molecule has 0 saturated heterocycles. The maximum absolute atomic E-state index is 12.2. The zero-order valence-electron chi connectivity index (χ0n) is 10.6. The van der Waals surface area contributed by atoms with Crippen LogP contribution in [0.2, 0.25) is 0 Å². The second kappa shape index (κ2) is 6.62. The third-order valence-corrected chi connectivity index (χ3v) is 3.24. The van der Waals surface area contributed by atoms with Gasteiger partial charge in [0.15, 0.2) is 0 Å². The van der Waals surface area contributed by atoms with Gasteiger partial charge in [-0.2, -0.15) is 5.10 Å². The first-order valence-corrected chi connectivity index (χ1v) is 6.63. The minimum absolute atomic E-state index is 0.181. The van der Waals surface area contributed by atoms with Gasteiger partial charge in [-0.3, -0.25) is 5.43 Å². The van der Waals surface area contributed by atoms with Crippen LogP contribution in [0.25, 0.3) is 0 Å². The summed E-state index contributed by atoms with van der Waals surface area (Å²) in [4.78, 5) is 0. The average Bonchev–Trinajstić information content (AvgIpc) is 2.43. The fourth-order valence-electron chi connectivity index (χ4n) is 1.52. The number of ether oxygens (including phenoxy) is 1. The van der Waals surface area contributed by atoms with E-state index in [4.69, 9.17) is 0 Å². The Kier molecular flexibility index (Phi) is 4.85. The molecule has 0 fully saturated rings. The van der Waals surface area contributed by atoms with Gasteiger partial charge in [-0.05, 0) is 34.1 Å². The molecule has 2 aromatic rings. The van der Waals surface area contributed by atoms with Gasteiger partial charge in [0.1, 0.15) is 5.75 Å². The van der Waals surface area contributed by atoms with Gasteiger partial charge in [-0.25, -0.2) is 0 Å². The maximum atomic E-state index is 12.2. The molecular formula is C14H10BrF3N2O. The Morgan fingerprint density at radius 3 is 2.43 bits per heavy atom. The van der Waals surface area contributed by atoms with Crippen LogP contribution in [0.5, 0.6) is 5.75 Å². The van der Waals surface area contributed by atoms with Crippen molar-refractivity contribution < 1.29 is 17.9 Å². The average molecular weight is 359 g/mol. The molecule has 110 valence electrons. The van der Waals surface area contributed by atoms with E-state index in [1.165, 1.54) is 18.3 Å². The van der Waals surface area contributed by atoms with Gasteiger partial charge >= 0.3 is 6.36 Å². The highest BCUT2D eigenvalue weighted by molar-refractivity contribution is 9.10. The van der Waals surface area contributed by atoms with Crippen LogP contribution in [0.15, 0.2) is 58.1 Å². The van der Waals surface area contributed by atoms with Crippen LogP contribution in [0.4, 0.5) is 18.9 Å².